The van der Waals surface area contributed by atoms with Gasteiger partial charge in [-0.3, -0.25) is 0 Å². The van der Waals surface area contributed by atoms with Crippen molar-refractivity contribution in [2.24, 2.45) is 0 Å². The number of phenols is 2. The van der Waals surface area contributed by atoms with Crippen LogP contribution in [0, 0.1) is 0 Å². The second-order valence-electron chi connectivity index (χ2n) is 13.9. The molecule has 7 heteroatoms. The van der Waals surface area contributed by atoms with E-state index in [1.165, 1.54) is 0 Å². The van der Waals surface area contributed by atoms with Gasteiger partial charge >= 0.3 is 5.97 Å². The van der Waals surface area contributed by atoms with E-state index in [1.807, 2.05) is 78.9 Å². The lowest BCUT2D eigenvalue weighted by Crippen LogP contribution is -2.19. The van der Waals surface area contributed by atoms with Gasteiger partial charge in [-0.15, -0.1) is 6.58 Å². The molecule has 4 rings (SSSR count). The SMILES string of the molecule is C=CCc1cc(C(C)(C)c2ccc(O)c(C/C=C/C=C\C(=C)OCCOc3ccc(C(C)(C)c4ccc(OCCOC(=O)C=C)cc4)cc3)c2)ccc1O. The van der Waals surface area contributed by atoms with E-state index in [-0.39, 0.29) is 35.5 Å². The fraction of sp³-hybridized carbons (Fsp3) is 0.255. The van der Waals surface area contributed by atoms with Crippen molar-refractivity contribution in [3.8, 4) is 23.0 Å². The Kier molecular flexibility index (Phi) is 14.5. The molecule has 0 heterocycles. The van der Waals surface area contributed by atoms with Gasteiger partial charge in [0, 0.05) is 16.9 Å². The summed E-state index contributed by atoms with van der Waals surface area (Å²) in [4.78, 5) is 11.2. The zero-order chi connectivity index (χ0) is 39.1. The lowest BCUT2D eigenvalue weighted by Gasteiger charge is -2.27. The molecule has 4 aromatic carbocycles. The Labute approximate surface area is 320 Å². The minimum absolute atomic E-state index is 0.162. The highest BCUT2D eigenvalue weighted by Crippen LogP contribution is 2.36. The van der Waals surface area contributed by atoms with Crippen LogP contribution < -0.4 is 9.47 Å². The number of ether oxygens (including phenoxy) is 4. The van der Waals surface area contributed by atoms with Crippen molar-refractivity contribution in [3.63, 3.8) is 0 Å². The van der Waals surface area contributed by atoms with E-state index in [4.69, 9.17) is 18.9 Å². The average Bonchev–Trinajstić information content (AvgIpc) is 3.16. The summed E-state index contributed by atoms with van der Waals surface area (Å²) in [6.45, 7) is 20.9. The van der Waals surface area contributed by atoms with Gasteiger partial charge in [0.15, 0.2) is 0 Å². The molecule has 0 aliphatic carbocycles. The first kappa shape index (κ1) is 40.8. The number of phenolic OH excluding ortho intramolecular Hbond substituents is 2. The Morgan fingerprint density at radius 1 is 0.630 bits per heavy atom. The number of hydrogen-bond acceptors (Lipinski definition) is 7. The quantitative estimate of drug-likeness (QED) is 0.0234. The van der Waals surface area contributed by atoms with Crippen molar-refractivity contribution >= 4 is 5.97 Å². The maximum atomic E-state index is 11.2. The third-order valence-corrected chi connectivity index (χ3v) is 9.39. The van der Waals surface area contributed by atoms with Crippen LogP contribution in [0.25, 0.3) is 0 Å². The Morgan fingerprint density at radius 2 is 1.09 bits per heavy atom. The summed E-state index contributed by atoms with van der Waals surface area (Å²) >= 11 is 0. The first-order chi connectivity index (χ1) is 25.8. The van der Waals surface area contributed by atoms with Crippen molar-refractivity contribution in [2.45, 2.75) is 51.4 Å². The van der Waals surface area contributed by atoms with Crippen LogP contribution in [-0.2, 0) is 37.9 Å². The second kappa shape index (κ2) is 19.2. The molecule has 0 fully saturated rings. The van der Waals surface area contributed by atoms with Crippen LogP contribution in [0.2, 0.25) is 0 Å². The van der Waals surface area contributed by atoms with Crippen LogP contribution in [0.5, 0.6) is 23.0 Å². The third-order valence-electron chi connectivity index (χ3n) is 9.39. The molecule has 282 valence electrons. The lowest BCUT2D eigenvalue weighted by molar-refractivity contribution is -0.138. The van der Waals surface area contributed by atoms with Crippen LogP contribution in [0.15, 0.2) is 147 Å². The second-order valence-corrected chi connectivity index (χ2v) is 13.9. The molecular formula is C47H52O7. The first-order valence-corrected chi connectivity index (χ1v) is 18.0. The number of allylic oxidation sites excluding steroid dienone is 5. The zero-order valence-corrected chi connectivity index (χ0v) is 31.8. The number of esters is 1. The molecule has 0 aromatic heterocycles. The molecule has 0 amide bonds. The number of rotatable bonds is 20. The van der Waals surface area contributed by atoms with Crippen molar-refractivity contribution in [2.75, 3.05) is 26.4 Å². The minimum atomic E-state index is -0.467. The average molecular weight is 729 g/mol. The van der Waals surface area contributed by atoms with Crippen molar-refractivity contribution in [3.05, 3.63) is 180 Å². The molecule has 0 bridgehead atoms. The fourth-order valence-corrected chi connectivity index (χ4v) is 5.88. The molecule has 2 N–H and O–H groups in total. The largest absolute Gasteiger partial charge is 0.508 e. The molecule has 7 nitrogen and oxygen atoms in total. The van der Waals surface area contributed by atoms with Gasteiger partial charge in [0.25, 0.3) is 0 Å². The van der Waals surface area contributed by atoms with Gasteiger partial charge in [-0.25, -0.2) is 4.79 Å². The van der Waals surface area contributed by atoms with Gasteiger partial charge in [-0.05, 0) is 88.7 Å². The summed E-state index contributed by atoms with van der Waals surface area (Å²) < 4.78 is 22.2. The van der Waals surface area contributed by atoms with Gasteiger partial charge in [0.2, 0.25) is 0 Å². The van der Waals surface area contributed by atoms with Crippen LogP contribution >= 0.6 is 0 Å². The summed E-state index contributed by atoms with van der Waals surface area (Å²) in [5, 5.41) is 20.8. The molecule has 0 radical (unpaired) electrons. The van der Waals surface area contributed by atoms with Gasteiger partial charge in [-0.1, -0.05) is 114 Å². The maximum absolute atomic E-state index is 11.2. The number of carbonyl (C=O) groups excluding carboxylic acids is 1. The van der Waals surface area contributed by atoms with E-state index >= 15 is 0 Å². The van der Waals surface area contributed by atoms with E-state index in [1.54, 1.807) is 24.3 Å². The highest BCUT2D eigenvalue weighted by atomic mass is 16.6. The molecule has 0 aliphatic rings. The standard InChI is InChI=1S/C47H52O7/c1-8-13-35-32-39(20-26-43(35)48)47(6,7)40-21-27-44(49)36(33-40)15-12-10-11-14-34(3)51-28-29-52-41-22-16-37(17-23-41)46(4,5)38-18-24-42(25-19-38)53-30-31-54-45(50)9-2/h8-12,14,16-27,32-33,48-49H,1-3,13,15,28-31H2,4-7H3/b12-10+,14-11-. The molecule has 0 saturated carbocycles. The molecular weight excluding hydrogens is 677 g/mol. The Morgan fingerprint density at radius 3 is 1.59 bits per heavy atom. The Balaban J connectivity index is 1.20. The van der Waals surface area contributed by atoms with Gasteiger partial charge in [-0.2, -0.15) is 0 Å². The summed E-state index contributed by atoms with van der Waals surface area (Å²) in [5.41, 5.74) is 5.49. The van der Waals surface area contributed by atoms with Crippen LogP contribution in [0.4, 0.5) is 0 Å². The highest BCUT2D eigenvalue weighted by Gasteiger charge is 2.25. The topological polar surface area (TPSA) is 94.5 Å². The normalized spacial score (nSPS) is 11.7. The third kappa shape index (κ3) is 11.3. The zero-order valence-electron chi connectivity index (χ0n) is 31.8. The number of aromatic hydroxyl groups is 2. The van der Waals surface area contributed by atoms with E-state index in [0.717, 1.165) is 45.2 Å². The monoisotopic (exact) mass is 728 g/mol. The molecule has 4 aromatic rings. The lowest BCUT2D eigenvalue weighted by atomic mass is 9.77. The summed E-state index contributed by atoms with van der Waals surface area (Å²) in [6.07, 6.45) is 11.6. The van der Waals surface area contributed by atoms with Gasteiger partial charge in [0.05, 0.1) is 0 Å². The minimum Gasteiger partial charge on any atom is -0.508 e. The first-order valence-electron chi connectivity index (χ1n) is 18.0. The fourth-order valence-electron chi connectivity index (χ4n) is 5.88. The number of hydrogen-bond donors (Lipinski definition) is 2. The van der Waals surface area contributed by atoms with E-state index < -0.39 is 5.97 Å². The smallest absolute Gasteiger partial charge is 0.330 e. The van der Waals surface area contributed by atoms with E-state index in [9.17, 15) is 15.0 Å². The molecule has 54 heavy (non-hydrogen) atoms. The van der Waals surface area contributed by atoms with Crippen LogP contribution in [-0.4, -0.2) is 42.6 Å². The predicted octanol–water partition coefficient (Wildman–Crippen LogP) is 9.85. The van der Waals surface area contributed by atoms with Crippen molar-refractivity contribution < 1.29 is 34.0 Å². The molecule has 0 spiro atoms. The van der Waals surface area contributed by atoms with Gasteiger partial charge in [0.1, 0.15) is 55.2 Å². The molecule has 0 unspecified atom stereocenters. The van der Waals surface area contributed by atoms with Crippen LogP contribution in [0.1, 0.15) is 61.1 Å². The number of carbonyl (C=O) groups is 1. The number of benzene rings is 4. The van der Waals surface area contributed by atoms with Crippen molar-refractivity contribution in [1.29, 1.82) is 0 Å². The van der Waals surface area contributed by atoms with E-state index in [0.29, 0.717) is 37.6 Å². The summed E-state index contributed by atoms with van der Waals surface area (Å²) in [7, 11) is 0. The van der Waals surface area contributed by atoms with E-state index in [2.05, 4.69) is 59.6 Å². The predicted molar refractivity (Wildman–Crippen MR) is 216 cm³/mol. The Bertz CT molecular complexity index is 1950. The molecule has 0 atom stereocenters. The van der Waals surface area contributed by atoms with Crippen molar-refractivity contribution in [1.82, 2.24) is 0 Å². The Hall–Kier alpha value is -5.95. The maximum Gasteiger partial charge on any atom is 0.330 e. The van der Waals surface area contributed by atoms with Gasteiger partial charge < -0.3 is 29.2 Å². The molecule has 0 aliphatic heterocycles. The summed E-state index contributed by atoms with van der Waals surface area (Å²) in [5.74, 6) is 2.01. The summed E-state index contributed by atoms with van der Waals surface area (Å²) in [6, 6.07) is 27.4. The highest BCUT2D eigenvalue weighted by molar-refractivity contribution is 5.81. The van der Waals surface area contributed by atoms with Crippen LogP contribution in [0.3, 0.4) is 0 Å². The molecule has 0 saturated heterocycles.